The second-order valence-electron chi connectivity index (χ2n) is 7.79. The summed E-state index contributed by atoms with van der Waals surface area (Å²) in [5.41, 5.74) is 1.44. The molecule has 0 aromatic rings. The first kappa shape index (κ1) is 11.1. The van der Waals surface area contributed by atoms with Crippen LogP contribution in [0.4, 0.5) is 0 Å². The van der Waals surface area contributed by atoms with Crippen molar-refractivity contribution >= 4 is 0 Å². The maximum Gasteiger partial charge on any atom is 0.0604 e. The number of hydrogen-bond donors (Lipinski definition) is 1. The van der Waals surface area contributed by atoms with Gasteiger partial charge in [0.1, 0.15) is 0 Å². The van der Waals surface area contributed by atoms with E-state index in [0.29, 0.717) is 16.2 Å². The summed E-state index contributed by atoms with van der Waals surface area (Å²) in [6.07, 6.45) is 7.65. The third kappa shape index (κ3) is 0.836. The molecule has 0 radical (unpaired) electrons. The maximum absolute atomic E-state index is 10.5. The van der Waals surface area contributed by atoms with Crippen LogP contribution in [0.25, 0.3) is 0 Å². The molecule has 1 nitrogen and oxygen atoms in total. The Bertz CT molecular complexity index is 334. The lowest BCUT2D eigenvalue weighted by Gasteiger charge is -2.57. The molecular weight excluding hydrogens is 196 g/mol. The number of aliphatic hydroxyl groups is 1. The van der Waals surface area contributed by atoms with Crippen molar-refractivity contribution in [1.29, 1.82) is 0 Å². The van der Waals surface area contributed by atoms with Crippen LogP contribution in [0, 0.1) is 21.7 Å². The minimum Gasteiger partial charge on any atom is -0.393 e. The highest BCUT2D eigenvalue weighted by atomic mass is 16.3. The van der Waals surface area contributed by atoms with Crippen molar-refractivity contribution in [1.82, 2.24) is 0 Å². The summed E-state index contributed by atoms with van der Waals surface area (Å²) >= 11 is 0. The van der Waals surface area contributed by atoms with E-state index in [1.54, 1.807) is 0 Å². The third-order valence-corrected chi connectivity index (χ3v) is 7.44. The van der Waals surface area contributed by atoms with Crippen molar-refractivity contribution in [3.8, 4) is 0 Å². The Labute approximate surface area is 99.6 Å². The van der Waals surface area contributed by atoms with Crippen LogP contribution in [-0.4, -0.2) is 11.2 Å². The zero-order valence-corrected chi connectivity index (χ0v) is 11.3. The monoisotopic (exact) mass is 222 g/mol. The molecule has 0 amide bonds. The lowest BCUT2D eigenvalue weighted by molar-refractivity contribution is -0.0830. The van der Waals surface area contributed by atoms with Gasteiger partial charge in [-0.3, -0.25) is 0 Å². The second-order valence-corrected chi connectivity index (χ2v) is 7.79. The molecule has 16 heavy (non-hydrogen) atoms. The molecule has 3 aliphatic carbocycles. The predicted octanol–water partition coefficient (Wildman–Crippen LogP) is 3.75. The van der Waals surface area contributed by atoms with Crippen LogP contribution in [0.5, 0.6) is 0 Å². The normalized spacial score (nSPS) is 58.7. The molecule has 0 saturated heterocycles. The van der Waals surface area contributed by atoms with E-state index >= 15 is 0 Å². The number of aliphatic hydroxyl groups excluding tert-OH is 1. The van der Waals surface area contributed by atoms with E-state index < -0.39 is 0 Å². The molecule has 3 rings (SSSR count). The molecule has 0 aromatic heterocycles. The van der Waals surface area contributed by atoms with E-state index in [9.17, 15) is 5.11 Å². The van der Waals surface area contributed by atoms with Crippen molar-refractivity contribution < 1.29 is 5.11 Å². The Morgan fingerprint density at radius 3 is 2.19 bits per heavy atom. The average molecular weight is 222 g/mol. The Morgan fingerprint density at radius 1 is 0.938 bits per heavy atom. The van der Waals surface area contributed by atoms with Gasteiger partial charge in [-0.1, -0.05) is 34.1 Å². The standard InChI is InChI=1S/C15H26O/c1-12(2)6-5-7-14(4)13(3)8-9-15(12,14)10-11(13)16/h11,16H,5-10H2,1-4H3/t11?,13-,14+,15+/m0/s1. The van der Waals surface area contributed by atoms with Gasteiger partial charge in [0.2, 0.25) is 0 Å². The summed E-state index contributed by atoms with van der Waals surface area (Å²) in [6, 6.07) is 0. The molecule has 1 heteroatoms. The van der Waals surface area contributed by atoms with Crippen molar-refractivity contribution in [2.24, 2.45) is 21.7 Å². The summed E-state index contributed by atoms with van der Waals surface area (Å²) in [6.45, 7) is 9.74. The van der Waals surface area contributed by atoms with E-state index in [2.05, 4.69) is 27.7 Å². The Kier molecular flexibility index (Phi) is 1.86. The molecule has 0 spiro atoms. The van der Waals surface area contributed by atoms with E-state index in [0.717, 1.165) is 6.42 Å². The van der Waals surface area contributed by atoms with Gasteiger partial charge in [-0.25, -0.2) is 0 Å². The van der Waals surface area contributed by atoms with Crippen LogP contribution < -0.4 is 0 Å². The fourth-order valence-electron chi connectivity index (χ4n) is 6.00. The summed E-state index contributed by atoms with van der Waals surface area (Å²) in [5, 5.41) is 10.5. The SMILES string of the molecule is CC1(C)CCC[C@@]2(C)[C@@]13CC[C@@]2(C)C(O)C3. The highest BCUT2D eigenvalue weighted by molar-refractivity contribution is 5.24. The smallest absolute Gasteiger partial charge is 0.0604 e. The fraction of sp³-hybridized carbons (Fsp3) is 1.00. The molecule has 0 aliphatic heterocycles. The fourth-order valence-corrected chi connectivity index (χ4v) is 6.00. The summed E-state index contributed by atoms with van der Waals surface area (Å²) in [4.78, 5) is 0. The van der Waals surface area contributed by atoms with Gasteiger partial charge in [0.05, 0.1) is 6.10 Å². The van der Waals surface area contributed by atoms with E-state index in [1.807, 2.05) is 0 Å². The maximum atomic E-state index is 10.5. The van der Waals surface area contributed by atoms with Crippen molar-refractivity contribution in [2.45, 2.75) is 72.3 Å². The van der Waals surface area contributed by atoms with E-state index in [-0.39, 0.29) is 11.5 Å². The average Bonchev–Trinajstić information content (AvgIpc) is 2.50. The molecule has 3 fully saturated rings. The summed E-state index contributed by atoms with van der Waals surface area (Å²) < 4.78 is 0. The van der Waals surface area contributed by atoms with Gasteiger partial charge in [0, 0.05) is 0 Å². The first-order valence-corrected chi connectivity index (χ1v) is 6.97. The Balaban J connectivity index is 2.18. The number of hydrogen-bond acceptors (Lipinski definition) is 1. The molecule has 1 N–H and O–H groups in total. The first-order chi connectivity index (χ1) is 7.29. The predicted molar refractivity (Wildman–Crippen MR) is 66.1 cm³/mol. The quantitative estimate of drug-likeness (QED) is 0.662. The Morgan fingerprint density at radius 2 is 1.62 bits per heavy atom. The van der Waals surface area contributed by atoms with Crippen LogP contribution >= 0.6 is 0 Å². The van der Waals surface area contributed by atoms with E-state index in [1.165, 1.54) is 32.1 Å². The zero-order chi connectivity index (χ0) is 11.8. The molecular formula is C15H26O. The van der Waals surface area contributed by atoms with Gasteiger partial charge in [-0.15, -0.1) is 0 Å². The van der Waals surface area contributed by atoms with Gasteiger partial charge in [-0.2, -0.15) is 0 Å². The topological polar surface area (TPSA) is 20.2 Å². The molecule has 2 bridgehead atoms. The van der Waals surface area contributed by atoms with Gasteiger partial charge in [-0.05, 0) is 53.8 Å². The first-order valence-electron chi connectivity index (χ1n) is 6.97. The highest BCUT2D eigenvalue weighted by Crippen LogP contribution is 2.80. The largest absolute Gasteiger partial charge is 0.393 e. The lowest BCUT2D eigenvalue weighted by atomic mass is 9.47. The van der Waals surface area contributed by atoms with Gasteiger partial charge in [0.25, 0.3) is 0 Å². The van der Waals surface area contributed by atoms with Crippen molar-refractivity contribution in [3.63, 3.8) is 0 Å². The summed E-state index contributed by atoms with van der Waals surface area (Å²) in [7, 11) is 0. The van der Waals surface area contributed by atoms with Crippen LogP contribution in [0.2, 0.25) is 0 Å². The molecule has 3 saturated carbocycles. The van der Waals surface area contributed by atoms with Crippen molar-refractivity contribution in [3.05, 3.63) is 0 Å². The Hall–Kier alpha value is -0.0400. The summed E-state index contributed by atoms with van der Waals surface area (Å²) in [5.74, 6) is 0. The molecule has 4 atom stereocenters. The molecule has 1 unspecified atom stereocenters. The van der Waals surface area contributed by atoms with E-state index in [4.69, 9.17) is 0 Å². The van der Waals surface area contributed by atoms with Crippen LogP contribution in [-0.2, 0) is 0 Å². The van der Waals surface area contributed by atoms with Gasteiger partial charge in [0.15, 0.2) is 0 Å². The van der Waals surface area contributed by atoms with Crippen LogP contribution in [0.1, 0.15) is 66.2 Å². The molecule has 0 aromatic carbocycles. The molecule has 3 aliphatic rings. The number of rotatable bonds is 0. The van der Waals surface area contributed by atoms with Gasteiger partial charge < -0.3 is 5.11 Å². The molecule has 92 valence electrons. The minimum atomic E-state index is -0.0522. The van der Waals surface area contributed by atoms with Crippen molar-refractivity contribution in [2.75, 3.05) is 0 Å². The van der Waals surface area contributed by atoms with Crippen LogP contribution in [0.3, 0.4) is 0 Å². The highest BCUT2D eigenvalue weighted by Gasteiger charge is 2.75. The second kappa shape index (κ2) is 2.68. The zero-order valence-electron chi connectivity index (χ0n) is 11.3. The van der Waals surface area contributed by atoms with Crippen LogP contribution in [0.15, 0.2) is 0 Å². The van der Waals surface area contributed by atoms with Gasteiger partial charge >= 0.3 is 0 Å². The third-order valence-electron chi connectivity index (χ3n) is 7.44. The minimum absolute atomic E-state index is 0.0522. The lowest BCUT2D eigenvalue weighted by Crippen LogP contribution is -2.49. The molecule has 0 heterocycles.